The number of pyridine rings is 1. The number of carbonyl (C=O) groups is 3. The molecule has 5 rings (SSSR count). The minimum absolute atomic E-state index is 0.0421. The predicted octanol–water partition coefficient (Wildman–Crippen LogP) is 4.79. The van der Waals surface area contributed by atoms with E-state index in [-0.39, 0.29) is 42.4 Å². The average molecular weight is 707 g/mol. The lowest BCUT2D eigenvalue weighted by Gasteiger charge is -2.28. The van der Waals surface area contributed by atoms with Crippen LogP contribution in [0.5, 0.6) is 0 Å². The van der Waals surface area contributed by atoms with E-state index in [1.807, 2.05) is 24.5 Å². The number of rotatable bonds is 14. The largest absolute Gasteiger partial charge is 0.460 e. The zero-order valence-electron chi connectivity index (χ0n) is 28.0. The summed E-state index contributed by atoms with van der Waals surface area (Å²) in [5.74, 6) is -1.99. The maximum atomic E-state index is 15.3. The number of nitrogens with zero attached hydrogens (tertiary/aromatic N) is 5. The van der Waals surface area contributed by atoms with Crippen LogP contribution >= 0.6 is 11.8 Å². The summed E-state index contributed by atoms with van der Waals surface area (Å²) in [6, 6.07) is 14.0. The van der Waals surface area contributed by atoms with E-state index < -0.39 is 35.8 Å². The molecule has 1 aliphatic heterocycles. The molecule has 0 spiro atoms. The summed E-state index contributed by atoms with van der Waals surface area (Å²) in [5.41, 5.74) is 3.08. The molecular weight excluding hydrogens is 668 g/mol. The Kier molecular flexibility index (Phi) is 11.9. The number of aldehydes is 1. The predicted molar refractivity (Wildman–Crippen MR) is 183 cm³/mol. The highest BCUT2D eigenvalue weighted by molar-refractivity contribution is 8.03. The molecule has 0 saturated heterocycles. The van der Waals surface area contributed by atoms with Gasteiger partial charge >= 0.3 is 12.1 Å². The van der Waals surface area contributed by atoms with Gasteiger partial charge in [0.2, 0.25) is 12.6 Å². The number of thioether (sulfide) groups is 1. The molecule has 50 heavy (non-hydrogen) atoms. The standard InChI is InChI=1S/C35H38F2N7O5S/c1-22(34-41-31(19-50-34)25-9-7-24(17-45)8-10-25)29(28-14-27(36)11-12-30(28)37)16-44-21-43(20-40-44)23(2)49-35(47)42(4)33-26(6-5-13-39-33)18-48-32(46)15-38-3/h5-14,17,19-23,29,34,38,41H,15-16,18H2,1-4H3/q+1. The van der Waals surface area contributed by atoms with Gasteiger partial charge in [0.15, 0.2) is 0 Å². The minimum atomic E-state index is -0.800. The number of anilines is 1. The molecule has 262 valence electrons. The number of nitrogens with one attached hydrogen (secondary N) is 2. The van der Waals surface area contributed by atoms with E-state index in [2.05, 4.69) is 20.7 Å². The molecule has 12 nitrogen and oxygen atoms in total. The van der Waals surface area contributed by atoms with Crippen molar-refractivity contribution in [3.8, 4) is 0 Å². The summed E-state index contributed by atoms with van der Waals surface area (Å²) < 4.78 is 43.8. The van der Waals surface area contributed by atoms with Crippen molar-refractivity contribution in [1.29, 1.82) is 0 Å². The minimum Gasteiger partial charge on any atom is -0.460 e. The topological polar surface area (TPSA) is 132 Å². The van der Waals surface area contributed by atoms with E-state index >= 15 is 4.39 Å². The molecule has 0 aliphatic carbocycles. The Bertz CT molecular complexity index is 1860. The fraction of sp³-hybridized carbons (Fsp3) is 0.314. The van der Waals surface area contributed by atoms with Crippen molar-refractivity contribution in [2.45, 2.75) is 44.5 Å². The van der Waals surface area contributed by atoms with Gasteiger partial charge in [-0.15, -0.1) is 16.4 Å². The Labute approximate surface area is 292 Å². The van der Waals surface area contributed by atoms with Crippen molar-refractivity contribution in [1.82, 2.24) is 25.4 Å². The van der Waals surface area contributed by atoms with Gasteiger partial charge in [-0.3, -0.25) is 14.5 Å². The Hall–Kier alpha value is -5.15. The van der Waals surface area contributed by atoms with Crippen molar-refractivity contribution < 1.29 is 37.2 Å². The lowest BCUT2D eigenvalue weighted by atomic mass is 9.86. The molecule has 2 aromatic heterocycles. The average Bonchev–Trinajstić information content (AvgIpc) is 3.81. The van der Waals surface area contributed by atoms with Crippen LogP contribution in [0.3, 0.4) is 0 Å². The van der Waals surface area contributed by atoms with E-state index in [0.717, 1.165) is 29.7 Å². The van der Waals surface area contributed by atoms with Crippen LogP contribution in [0.1, 0.15) is 53.0 Å². The number of aromatic nitrogens is 4. The molecule has 1 aliphatic rings. The van der Waals surface area contributed by atoms with Crippen LogP contribution in [0, 0.1) is 17.6 Å². The smallest absolute Gasteiger partial charge is 0.418 e. The number of esters is 1. The lowest BCUT2D eigenvalue weighted by molar-refractivity contribution is -0.753. The van der Waals surface area contributed by atoms with Gasteiger partial charge in [0.25, 0.3) is 6.33 Å². The van der Waals surface area contributed by atoms with Gasteiger partial charge in [0.05, 0.1) is 11.9 Å². The highest BCUT2D eigenvalue weighted by Gasteiger charge is 2.34. The molecule has 3 heterocycles. The van der Waals surface area contributed by atoms with Gasteiger partial charge in [-0.2, -0.15) is 4.57 Å². The lowest BCUT2D eigenvalue weighted by Crippen LogP contribution is -2.41. The molecule has 0 saturated carbocycles. The Morgan fingerprint density at radius 1 is 1.18 bits per heavy atom. The van der Waals surface area contributed by atoms with Gasteiger partial charge < -0.3 is 20.1 Å². The SMILES string of the molecule is CNCC(=O)OCc1cccnc1N(C)C(=O)OC(C)[n+]1cnn(CC(c2cc(F)ccc2F)C(C)C2NC(c3ccc(C=O)cc3)=CS2)c1. The highest BCUT2D eigenvalue weighted by atomic mass is 32.2. The first-order valence-corrected chi connectivity index (χ1v) is 16.8. The number of amides is 1. The third kappa shape index (κ3) is 8.71. The quantitative estimate of drug-likeness (QED) is 0.107. The summed E-state index contributed by atoms with van der Waals surface area (Å²) in [5, 5.41) is 12.5. The van der Waals surface area contributed by atoms with Crippen LogP contribution in [0.2, 0.25) is 0 Å². The van der Waals surface area contributed by atoms with Crippen molar-refractivity contribution in [3.05, 3.63) is 113 Å². The number of carbonyl (C=O) groups excluding carboxylic acids is 3. The van der Waals surface area contributed by atoms with Crippen LogP contribution < -0.4 is 20.1 Å². The summed E-state index contributed by atoms with van der Waals surface area (Å²) in [6.45, 7) is 3.79. The first-order chi connectivity index (χ1) is 24.1. The second-order valence-electron chi connectivity index (χ2n) is 11.7. The zero-order valence-corrected chi connectivity index (χ0v) is 28.8. The number of benzene rings is 2. The fourth-order valence-electron chi connectivity index (χ4n) is 5.46. The van der Waals surface area contributed by atoms with Crippen molar-refractivity contribution in [2.24, 2.45) is 5.92 Å². The Morgan fingerprint density at radius 3 is 2.70 bits per heavy atom. The van der Waals surface area contributed by atoms with Crippen LogP contribution in [0.4, 0.5) is 19.4 Å². The molecule has 15 heteroatoms. The summed E-state index contributed by atoms with van der Waals surface area (Å²) in [6.07, 6.45) is 3.91. The van der Waals surface area contributed by atoms with E-state index in [9.17, 15) is 18.8 Å². The molecule has 2 aromatic carbocycles. The number of likely N-dealkylation sites (N-methyl/N-ethyl adjacent to an activating group) is 1. The summed E-state index contributed by atoms with van der Waals surface area (Å²) in [4.78, 5) is 41.6. The number of ether oxygens (including phenoxy) is 2. The normalized spacial score (nSPS) is 15.7. The maximum Gasteiger partial charge on any atom is 0.418 e. The molecule has 1 amide bonds. The number of halogens is 2. The first kappa shape index (κ1) is 36.1. The van der Waals surface area contributed by atoms with Gasteiger partial charge in [-0.25, -0.2) is 18.6 Å². The van der Waals surface area contributed by atoms with Gasteiger partial charge in [0.1, 0.15) is 36.9 Å². The third-order valence-electron chi connectivity index (χ3n) is 8.30. The second-order valence-corrected chi connectivity index (χ2v) is 12.8. The van der Waals surface area contributed by atoms with E-state index in [4.69, 9.17) is 9.47 Å². The summed E-state index contributed by atoms with van der Waals surface area (Å²) in [7, 11) is 3.13. The molecule has 4 atom stereocenters. The molecule has 0 radical (unpaired) electrons. The van der Waals surface area contributed by atoms with E-state index in [1.165, 1.54) is 30.5 Å². The Morgan fingerprint density at radius 2 is 1.96 bits per heavy atom. The molecule has 4 unspecified atom stereocenters. The highest BCUT2D eigenvalue weighted by Crippen LogP contribution is 2.39. The van der Waals surface area contributed by atoms with Gasteiger partial charge in [-0.05, 0) is 53.8 Å². The second kappa shape index (κ2) is 16.5. The molecule has 0 bridgehead atoms. The van der Waals surface area contributed by atoms with Crippen LogP contribution in [-0.2, 0) is 27.4 Å². The fourth-order valence-corrected chi connectivity index (χ4v) is 6.58. The molecule has 0 fully saturated rings. The number of hydrogen-bond donors (Lipinski definition) is 2. The zero-order chi connectivity index (χ0) is 35.8. The van der Waals surface area contributed by atoms with Crippen molar-refractivity contribution in [3.63, 3.8) is 0 Å². The maximum absolute atomic E-state index is 15.3. The molecule has 4 aromatic rings. The van der Waals surface area contributed by atoms with Crippen molar-refractivity contribution in [2.75, 3.05) is 25.5 Å². The summed E-state index contributed by atoms with van der Waals surface area (Å²) >= 11 is 1.54. The van der Waals surface area contributed by atoms with Crippen LogP contribution in [0.15, 0.2) is 78.9 Å². The number of hydrogen-bond acceptors (Lipinski definition) is 10. The van der Waals surface area contributed by atoms with Crippen LogP contribution in [0.25, 0.3) is 5.70 Å². The van der Waals surface area contributed by atoms with Gasteiger partial charge in [0, 0.05) is 48.0 Å². The Balaban J connectivity index is 1.28. The molecule has 2 N–H and O–H groups in total. The van der Waals surface area contributed by atoms with E-state index in [0.29, 0.717) is 11.1 Å². The van der Waals surface area contributed by atoms with Crippen molar-refractivity contribution >= 4 is 41.6 Å². The van der Waals surface area contributed by atoms with Gasteiger partial charge in [-0.1, -0.05) is 37.3 Å². The first-order valence-electron chi connectivity index (χ1n) is 15.8. The molecular formula is C35H38F2N7O5S+. The van der Waals surface area contributed by atoms with E-state index in [1.54, 1.807) is 65.6 Å². The monoisotopic (exact) mass is 706 g/mol. The van der Waals surface area contributed by atoms with Crippen LogP contribution in [-0.4, -0.2) is 59.1 Å². The third-order valence-corrected chi connectivity index (χ3v) is 9.51.